The molecule has 0 radical (unpaired) electrons. The van der Waals surface area contributed by atoms with Gasteiger partial charge in [-0.15, -0.1) is 0 Å². The summed E-state index contributed by atoms with van der Waals surface area (Å²) in [5.74, 6) is -1.91. The SMILES string of the molecule is CC[C@H](C)[C@@H]([C@@H](CC(=O)N1CCC[C@H]1[C@H](OC)[C@@H](C)C(=O)N[C@@H](Cc1ccccc1)C(=O)NCCN(C)C)OC)N(C)C(=O)[C@H](C(C)C)N(C)C(=O)[C@H](C(C)C)N(C)C(C)C. The van der Waals surface area contributed by atoms with E-state index in [0.29, 0.717) is 32.5 Å². The van der Waals surface area contributed by atoms with E-state index < -0.39 is 42.3 Å². The number of methoxy groups -OCH3 is 2. The maximum atomic E-state index is 14.7. The van der Waals surface area contributed by atoms with E-state index in [-0.39, 0.29) is 65.8 Å². The molecule has 1 aromatic carbocycles. The Hall–Kier alpha value is -3.59. The van der Waals surface area contributed by atoms with Crippen LogP contribution < -0.4 is 10.6 Å². The van der Waals surface area contributed by atoms with Crippen molar-refractivity contribution in [2.75, 3.05) is 69.1 Å². The van der Waals surface area contributed by atoms with Crippen LogP contribution in [0.25, 0.3) is 0 Å². The number of ether oxygens (including phenoxy) is 2. The van der Waals surface area contributed by atoms with Gasteiger partial charge in [-0.05, 0) is 71.1 Å². The molecule has 61 heavy (non-hydrogen) atoms. The summed E-state index contributed by atoms with van der Waals surface area (Å²) in [5, 5.41) is 5.97. The van der Waals surface area contributed by atoms with Gasteiger partial charge in [-0.3, -0.25) is 28.9 Å². The quantitative estimate of drug-likeness (QED) is 0.148. The highest BCUT2D eigenvalue weighted by Gasteiger charge is 2.44. The number of likely N-dealkylation sites (N-methyl/N-ethyl adjacent to an activating group) is 4. The van der Waals surface area contributed by atoms with Crippen LogP contribution >= 0.6 is 0 Å². The second-order valence-corrected chi connectivity index (χ2v) is 18.5. The molecular formula is C47H83N7O7. The third kappa shape index (κ3) is 14.7. The molecule has 1 fully saturated rings. The van der Waals surface area contributed by atoms with Crippen LogP contribution in [0.3, 0.4) is 0 Å². The monoisotopic (exact) mass is 858 g/mol. The Morgan fingerprint density at radius 1 is 0.803 bits per heavy atom. The van der Waals surface area contributed by atoms with Gasteiger partial charge in [-0.25, -0.2) is 0 Å². The molecule has 14 heteroatoms. The molecule has 5 amide bonds. The Kier molecular flexibility index (Phi) is 22.4. The lowest BCUT2D eigenvalue weighted by molar-refractivity contribution is -0.154. The van der Waals surface area contributed by atoms with E-state index in [9.17, 15) is 24.0 Å². The Morgan fingerprint density at radius 2 is 1.39 bits per heavy atom. The van der Waals surface area contributed by atoms with E-state index in [2.05, 4.69) is 43.2 Å². The number of carbonyl (C=O) groups is 5. The molecule has 0 bridgehead atoms. The van der Waals surface area contributed by atoms with Crippen molar-refractivity contribution >= 4 is 29.5 Å². The summed E-state index contributed by atoms with van der Waals surface area (Å²) in [6, 6.07) is 6.94. The lowest BCUT2D eigenvalue weighted by Crippen LogP contribution is -2.60. The first-order chi connectivity index (χ1) is 28.6. The zero-order valence-corrected chi connectivity index (χ0v) is 40.6. The van der Waals surface area contributed by atoms with Crippen molar-refractivity contribution in [3.8, 4) is 0 Å². The predicted molar refractivity (Wildman–Crippen MR) is 243 cm³/mol. The minimum atomic E-state index is -0.802. The highest BCUT2D eigenvalue weighted by Crippen LogP contribution is 2.30. The number of benzene rings is 1. The molecule has 1 heterocycles. The highest BCUT2D eigenvalue weighted by atomic mass is 16.5. The fraction of sp³-hybridized carbons (Fsp3) is 0.766. The van der Waals surface area contributed by atoms with Crippen molar-refractivity contribution in [1.82, 2.24) is 35.1 Å². The van der Waals surface area contributed by atoms with Crippen LogP contribution in [0, 0.1) is 23.7 Å². The van der Waals surface area contributed by atoms with Gasteiger partial charge in [-0.1, -0.05) is 85.2 Å². The lowest BCUT2D eigenvalue weighted by Gasteiger charge is -2.43. The van der Waals surface area contributed by atoms with Gasteiger partial charge in [0.2, 0.25) is 29.5 Å². The maximum Gasteiger partial charge on any atom is 0.245 e. The fourth-order valence-corrected chi connectivity index (χ4v) is 8.90. The van der Waals surface area contributed by atoms with Gasteiger partial charge >= 0.3 is 0 Å². The second-order valence-electron chi connectivity index (χ2n) is 18.5. The van der Waals surface area contributed by atoms with E-state index in [0.717, 1.165) is 18.4 Å². The van der Waals surface area contributed by atoms with Crippen LogP contribution in [0.15, 0.2) is 30.3 Å². The Morgan fingerprint density at radius 3 is 1.90 bits per heavy atom. The minimum Gasteiger partial charge on any atom is -0.379 e. The van der Waals surface area contributed by atoms with Crippen molar-refractivity contribution in [3.05, 3.63) is 35.9 Å². The number of rotatable bonds is 25. The number of nitrogens with one attached hydrogen (secondary N) is 2. The van der Waals surface area contributed by atoms with E-state index in [1.165, 1.54) is 0 Å². The normalized spacial score (nSPS) is 18.4. The van der Waals surface area contributed by atoms with Gasteiger partial charge < -0.3 is 39.7 Å². The molecule has 14 nitrogen and oxygen atoms in total. The third-order valence-corrected chi connectivity index (χ3v) is 12.8. The van der Waals surface area contributed by atoms with E-state index >= 15 is 0 Å². The summed E-state index contributed by atoms with van der Waals surface area (Å²) in [6.45, 7) is 19.6. The summed E-state index contributed by atoms with van der Waals surface area (Å²) in [6.07, 6.45) is 1.16. The number of hydrogen-bond acceptors (Lipinski definition) is 9. The number of nitrogens with zero attached hydrogens (tertiary/aromatic N) is 5. The zero-order chi connectivity index (χ0) is 46.3. The summed E-state index contributed by atoms with van der Waals surface area (Å²) in [5.41, 5.74) is 0.921. The van der Waals surface area contributed by atoms with Crippen molar-refractivity contribution in [1.29, 1.82) is 0 Å². The van der Waals surface area contributed by atoms with E-state index in [1.54, 1.807) is 49.9 Å². The maximum absolute atomic E-state index is 14.7. The topological polar surface area (TPSA) is 144 Å². The summed E-state index contributed by atoms with van der Waals surface area (Å²) < 4.78 is 12.1. The molecule has 0 saturated carbocycles. The van der Waals surface area contributed by atoms with E-state index in [1.807, 2.05) is 84.1 Å². The number of carbonyl (C=O) groups excluding carboxylic acids is 5. The fourth-order valence-electron chi connectivity index (χ4n) is 8.90. The average Bonchev–Trinajstić information content (AvgIpc) is 3.69. The van der Waals surface area contributed by atoms with Gasteiger partial charge in [0, 0.05) is 60.4 Å². The first-order valence-corrected chi connectivity index (χ1v) is 22.5. The van der Waals surface area contributed by atoms with Crippen LogP contribution in [-0.2, 0) is 39.9 Å². The molecule has 1 saturated heterocycles. The molecule has 9 atom stereocenters. The lowest BCUT2D eigenvalue weighted by atomic mass is 9.89. The molecule has 2 N–H and O–H groups in total. The number of amides is 5. The molecule has 0 aliphatic carbocycles. The van der Waals surface area contributed by atoms with Crippen molar-refractivity contribution in [3.63, 3.8) is 0 Å². The largest absolute Gasteiger partial charge is 0.379 e. The van der Waals surface area contributed by atoms with Crippen molar-refractivity contribution < 1.29 is 33.4 Å². The predicted octanol–water partition coefficient (Wildman–Crippen LogP) is 4.16. The van der Waals surface area contributed by atoms with Crippen molar-refractivity contribution in [2.45, 2.75) is 143 Å². The molecule has 0 spiro atoms. The van der Waals surface area contributed by atoms with Gasteiger partial charge in [0.25, 0.3) is 0 Å². The van der Waals surface area contributed by atoms with Gasteiger partial charge in [-0.2, -0.15) is 0 Å². The summed E-state index contributed by atoms with van der Waals surface area (Å²) in [4.78, 5) is 79.8. The van der Waals surface area contributed by atoms with Crippen LogP contribution in [0.1, 0.15) is 93.6 Å². The summed E-state index contributed by atoms with van der Waals surface area (Å²) in [7, 11) is 12.4. The van der Waals surface area contributed by atoms with Crippen LogP contribution in [-0.4, -0.2) is 172 Å². The average molecular weight is 858 g/mol. The summed E-state index contributed by atoms with van der Waals surface area (Å²) >= 11 is 0. The number of hydrogen-bond donors (Lipinski definition) is 2. The Bertz CT molecular complexity index is 1530. The molecule has 0 aromatic heterocycles. The van der Waals surface area contributed by atoms with Gasteiger partial charge in [0.1, 0.15) is 12.1 Å². The Balaban J connectivity index is 2.34. The molecule has 0 unspecified atom stereocenters. The van der Waals surface area contributed by atoms with Crippen LogP contribution in [0.2, 0.25) is 0 Å². The first-order valence-electron chi connectivity index (χ1n) is 22.5. The molecule has 1 aliphatic heterocycles. The second kappa shape index (κ2) is 25.5. The third-order valence-electron chi connectivity index (χ3n) is 12.8. The number of likely N-dealkylation sites (tertiary alicyclic amines) is 1. The molecule has 2 rings (SSSR count). The Labute approximate surface area is 368 Å². The zero-order valence-electron chi connectivity index (χ0n) is 40.6. The first kappa shape index (κ1) is 53.5. The minimum absolute atomic E-state index is 0.0125. The van der Waals surface area contributed by atoms with Gasteiger partial charge in [0.05, 0.1) is 42.7 Å². The molecular weight excluding hydrogens is 775 g/mol. The smallest absolute Gasteiger partial charge is 0.245 e. The van der Waals surface area contributed by atoms with Gasteiger partial charge in [0.15, 0.2) is 0 Å². The molecule has 1 aromatic rings. The van der Waals surface area contributed by atoms with Crippen LogP contribution in [0.4, 0.5) is 0 Å². The molecule has 348 valence electrons. The van der Waals surface area contributed by atoms with Crippen LogP contribution in [0.5, 0.6) is 0 Å². The molecule has 1 aliphatic rings. The highest BCUT2D eigenvalue weighted by molar-refractivity contribution is 5.90. The van der Waals surface area contributed by atoms with E-state index in [4.69, 9.17) is 9.47 Å². The standard InChI is InChI=1S/C47H83N7O7/c1-17-33(8)42(53(14)47(59)41(31(4)5)52(13)46(58)40(30(2)3)51(12)32(6)7)38(60-15)29-39(55)54-26-21-24-37(54)43(61-16)34(9)44(56)49-36(28-35-22-19-18-20-23-35)45(57)48-25-27-50(10)11/h18-20,22-23,30-34,36-38,40-43H,17,21,24-29H2,1-16H3,(H,48,57)(H,49,56)/t33-,34+,36-,37-,38+,40-,41-,42-,43+/m0/s1. The van der Waals surface area contributed by atoms with Crippen molar-refractivity contribution in [2.24, 2.45) is 23.7 Å².